The van der Waals surface area contributed by atoms with Gasteiger partial charge in [-0.1, -0.05) is 57.7 Å². The summed E-state index contributed by atoms with van der Waals surface area (Å²) in [5.74, 6) is 0.0318. The zero-order valence-electron chi connectivity index (χ0n) is 12.7. The van der Waals surface area contributed by atoms with Gasteiger partial charge in [0.05, 0.1) is 5.56 Å². The maximum Gasteiger partial charge on any atom is 0.153 e. The first kappa shape index (κ1) is 15.0. The van der Waals surface area contributed by atoms with Crippen molar-refractivity contribution in [2.75, 3.05) is 0 Å². The van der Waals surface area contributed by atoms with Gasteiger partial charge in [0.25, 0.3) is 0 Å². The molecule has 0 aliphatic carbocycles. The van der Waals surface area contributed by atoms with E-state index in [9.17, 15) is 9.90 Å². The van der Waals surface area contributed by atoms with E-state index in [4.69, 9.17) is 0 Å². The summed E-state index contributed by atoms with van der Waals surface area (Å²) in [6, 6.07) is 11.4. The number of phenolic OH excluding ortho intramolecular Hbond substituents is 1. The molecule has 0 saturated carbocycles. The van der Waals surface area contributed by atoms with Crippen molar-refractivity contribution >= 4 is 12.4 Å². The molecule has 0 fully saturated rings. The number of benzene rings is 2. The fraction of sp³-hybridized carbons (Fsp3) is 0.211. The summed E-state index contributed by atoms with van der Waals surface area (Å²) < 4.78 is 0. The number of rotatable bonds is 3. The van der Waals surface area contributed by atoms with E-state index in [1.807, 2.05) is 30.3 Å². The van der Waals surface area contributed by atoms with Crippen LogP contribution in [0.15, 0.2) is 43.0 Å². The van der Waals surface area contributed by atoms with Crippen molar-refractivity contribution < 1.29 is 9.90 Å². The van der Waals surface area contributed by atoms with E-state index in [0.717, 1.165) is 16.7 Å². The summed E-state index contributed by atoms with van der Waals surface area (Å²) in [5.41, 5.74) is 3.82. The number of hydrogen-bond donors (Lipinski definition) is 1. The van der Waals surface area contributed by atoms with Crippen LogP contribution < -0.4 is 0 Å². The summed E-state index contributed by atoms with van der Waals surface area (Å²) >= 11 is 0. The third kappa shape index (κ3) is 3.05. The predicted octanol–water partition coefficient (Wildman–Crippen LogP) is 4.81. The second-order valence-corrected chi connectivity index (χ2v) is 6.16. The van der Waals surface area contributed by atoms with Crippen LogP contribution in [0.3, 0.4) is 0 Å². The molecule has 0 radical (unpaired) electrons. The highest BCUT2D eigenvalue weighted by Gasteiger charge is 2.19. The molecule has 0 bridgehead atoms. The van der Waals surface area contributed by atoms with Gasteiger partial charge in [-0.15, -0.1) is 0 Å². The van der Waals surface area contributed by atoms with E-state index in [1.54, 1.807) is 12.1 Å². The summed E-state index contributed by atoms with van der Waals surface area (Å²) in [6.45, 7) is 9.97. The Morgan fingerprint density at radius 3 is 2.19 bits per heavy atom. The molecular weight excluding hydrogens is 260 g/mol. The minimum Gasteiger partial charge on any atom is -0.507 e. The van der Waals surface area contributed by atoms with Gasteiger partial charge in [0.2, 0.25) is 0 Å². The topological polar surface area (TPSA) is 37.3 Å². The quantitative estimate of drug-likeness (QED) is 0.819. The van der Waals surface area contributed by atoms with Crippen LogP contribution in [0.5, 0.6) is 5.75 Å². The lowest BCUT2D eigenvalue weighted by atomic mass is 9.84. The maximum absolute atomic E-state index is 11.2. The van der Waals surface area contributed by atoms with E-state index < -0.39 is 0 Å². The number of aromatic hydroxyl groups is 1. The van der Waals surface area contributed by atoms with Crippen LogP contribution in [0.1, 0.15) is 42.3 Å². The summed E-state index contributed by atoms with van der Waals surface area (Å²) in [7, 11) is 0. The maximum atomic E-state index is 11.2. The van der Waals surface area contributed by atoms with Crippen molar-refractivity contribution in [3.8, 4) is 16.9 Å². The molecule has 0 saturated heterocycles. The Bertz CT molecular complexity index is 674. The molecule has 2 aromatic carbocycles. The Kier molecular flexibility index (Phi) is 3.99. The van der Waals surface area contributed by atoms with Crippen LogP contribution >= 0.6 is 0 Å². The molecule has 2 rings (SSSR count). The zero-order valence-corrected chi connectivity index (χ0v) is 12.7. The largest absolute Gasteiger partial charge is 0.507 e. The number of phenols is 1. The van der Waals surface area contributed by atoms with Crippen molar-refractivity contribution in [3.05, 3.63) is 59.7 Å². The van der Waals surface area contributed by atoms with Gasteiger partial charge in [0.1, 0.15) is 5.75 Å². The Morgan fingerprint density at radius 2 is 1.71 bits per heavy atom. The van der Waals surface area contributed by atoms with E-state index in [1.165, 1.54) is 0 Å². The van der Waals surface area contributed by atoms with E-state index >= 15 is 0 Å². The predicted molar refractivity (Wildman–Crippen MR) is 87.7 cm³/mol. The number of carbonyl (C=O) groups is 1. The molecule has 108 valence electrons. The SMILES string of the molecule is C=Cc1ccc(-c2cc(C(C)(C)C)cc(C=O)c2O)cc1. The highest BCUT2D eigenvalue weighted by molar-refractivity contribution is 5.86. The zero-order chi connectivity index (χ0) is 15.6. The highest BCUT2D eigenvalue weighted by Crippen LogP contribution is 2.36. The molecule has 0 atom stereocenters. The second kappa shape index (κ2) is 5.57. The van der Waals surface area contributed by atoms with Crippen molar-refractivity contribution in [3.63, 3.8) is 0 Å². The minimum absolute atomic E-state index is 0.0318. The molecule has 0 aromatic heterocycles. The van der Waals surface area contributed by atoms with Crippen LogP contribution in [0, 0.1) is 0 Å². The molecule has 0 amide bonds. The average molecular weight is 280 g/mol. The number of hydrogen-bond acceptors (Lipinski definition) is 2. The van der Waals surface area contributed by atoms with Crippen molar-refractivity contribution in [2.45, 2.75) is 26.2 Å². The van der Waals surface area contributed by atoms with Gasteiger partial charge < -0.3 is 5.11 Å². The van der Waals surface area contributed by atoms with Gasteiger partial charge in [0.15, 0.2) is 6.29 Å². The third-order valence-electron chi connectivity index (χ3n) is 3.59. The van der Waals surface area contributed by atoms with Crippen LogP contribution in [0.4, 0.5) is 0 Å². The lowest BCUT2D eigenvalue weighted by Crippen LogP contribution is -2.11. The first-order chi connectivity index (χ1) is 9.86. The second-order valence-electron chi connectivity index (χ2n) is 6.16. The molecule has 0 unspecified atom stereocenters. The summed E-state index contributed by atoms with van der Waals surface area (Å²) in [5, 5.41) is 10.3. The lowest BCUT2D eigenvalue weighted by Gasteiger charge is -2.21. The molecular formula is C19H20O2. The van der Waals surface area contributed by atoms with Crippen LogP contribution in [0.2, 0.25) is 0 Å². The molecule has 0 heterocycles. The normalized spacial score (nSPS) is 11.2. The Balaban J connectivity index is 2.65. The molecule has 2 heteroatoms. The third-order valence-corrected chi connectivity index (χ3v) is 3.59. The average Bonchev–Trinajstić information content (AvgIpc) is 2.46. The van der Waals surface area contributed by atoms with Gasteiger partial charge in [-0.25, -0.2) is 0 Å². The smallest absolute Gasteiger partial charge is 0.153 e. The molecule has 21 heavy (non-hydrogen) atoms. The Morgan fingerprint density at radius 1 is 1.10 bits per heavy atom. The molecule has 0 aliphatic heterocycles. The van der Waals surface area contributed by atoms with E-state index in [0.29, 0.717) is 17.4 Å². The van der Waals surface area contributed by atoms with Gasteiger partial charge in [-0.2, -0.15) is 0 Å². The number of carbonyl (C=O) groups excluding carboxylic acids is 1. The van der Waals surface area contributed by atoms with Crippen molar-refractivity contribution in [2.24, 2.45) is 0 Å². The molecule has 2 aromatic rings. The summed E-state index contributed by atoms with van der Waals surface area (Å²) in [6.07, 6.45) is 2.47. The molecule has 2 nitrogen and oxygen atoms in total. The van der Waals surface area contributed by atoms with Crippen LogP contribution in [-0.2, 0) is 5.41 Å². The highest BCUT2D eigenvalue weighted by atomic mass is 16.3. The standard InChI is InChI=1S/C19H20O2/c1-5-13-6-8-14(9-7-13)17-11-16(19(2,3)4)10-15(12-20)18(17)21/h5-12,21H,1H2,2-4H3. The first-order valence-electron chi connectivity index (χ1n) is 6.92. The fourth-order valence-electron chi connectivity index (χ4n) is 2.20. The van der Waals surface area contributed by atoms with Gasteiger partial charge in [-0.05, 0) is 34.2 Å². The summed E-state index contributed by atoms with van der Waals surface area (Å²) in [4.78, 5) is 11.2. The molecule has 0 spiro atoms. The Labute approximate surface area is 125 Å². The minimum atomic E-state index is -0.0960. The van der Waals surface area contributed by atoms with Gasteiger partial charge in [0, 0.05) is 5.56 Å². The Hall–Kier alpha value is -2.35. The molecule has 1 N–H and O–H groups in total. The van der Waals surface area contributed by atoms with E-state index in [-0.39, 0.29) is 11.2 Å². The molecule has 0 aliphatic rings. The monoisotopic (exact) mass is 280 g/mol. The van der Waals surface area contributed by atoms with Crippen LogP contribution in [0.25, 0.3) is 17.2 Å². The fourth-order valence-corrected chi connectivity index (χ4v) is 2.20. The van der Waals surface area contributed by atoms with Crippen molar-refractivity contribution in [1.29, 1.82) is 0 Å². The van der Waals surface area contributed by atoms with E-state index in [2.05, 4.69) is 27.4 Å². The lowest BCUT2D eigenvalue weighted by molar-refractivity contribution is 0.112. The van der Waals surface area contributed by atoms with Crippen molar-refractivity contribution in [1.82, 2.24) is 0 Å². The first-order valence-corrected chi connectivity index (χ1v) is 6.92. The van der Waals surface area contributed by atoms with Gasteiger partial charge in [-0.3, -0.25) is 4.79 Å². The van der Waals surface area contributed by atoms with Crippen LogP contribution in [-0.4, -0.2) is 11.4 Å². The number of aldehydes is 1. The van der Waals surface area contributed by atoms with Gasteiger partial charge >= 0.3 is 0 Å².